The second kappa shape index (κ2) is 7.36. The highest BCUT2D eigenvalue weighted by molar-refractivity contribution is 7.99. The van der Waals surface area contributed by atoms with Gasteiger partial charge < -0.3 is 15.0 Å². The van der Waals surface area contributed by atoms with Gasteiger partial charge in [-0.05, 0) is 31.9 Å². The first-order valence-corrected chi connectivity index (χ1v) is 8.20. The lowest BCUT2D eigenvalue weighted by molar-refractivity contribution is -0.134. The highest BCUT2D eigenvalue weighted by Gasteiger charge is 2.22. The second-order valence-corrected chi connectivity index (χ2v) is 6.22. The summed E-state index contributed by atoms with van der Waals surface area (Å²) in [7, 11) is 0. The van der Waals surface area contributed by atoms with Crippen LogP contribution in [-0.2, 0) is 9.53 Å². The standard InChI is InChI=1S/C13H24N2O2S/c1-18-12-4-2-11(3-5-12)14-10-13(16)15-6-8-17-9-7-15/h11-12,14H,2-10H2,1H3. The van der Waals surface area contributed by atoms with E-state index in [0.29, 0.717) is 25.8 Å². The molecule has 1 saturated carbocycles. The van der Waals surface area contributed by atoms with E-state index in [2.05, 4.69) is 11.6 Å². The molecule has 0 aromatic carbocycles. The van der Waals surface area contributed by atoms with Gasteiger partial charge in [0.2, 0.25) is 5.91 Å². The predicted molar refractivity (Wildman–Crippen MR) is 75.0 cm³/mol. The summed E-state index contributed by atoms with van der Waals surface area (Å²) in [5.74, 6) is 0.227. The minimum atomic E-state index is 0.227. The van der Waals surface area contributed by atoms with Crippen molar-refractivity contribution in [2.45, 2.75) is 37.0 Å². The van der Waals surface area contributed by atoms with Crippen molar-refractivity contribution in [3.05, 3.63) is 0 Å². The van der Waals surface area contributed by atoms with Crippen molar-refractivity contribution in [2.75, 3.05) is 39.1 Å². The van der Waals surface area contributed by atoms with Gasteiger partial charge in [-0.3, -0.25) is 4.79 Å². The zero-order valence-corrected chi connectivity index (χ0v) is 12.0. The summed E-state index contributed by atoms with van der Waals surface area (Å²) in [5, 5.41) is 4.25. The topological polar surface area (TPSA) is 41.6 Å². The van der Waals surface area contributed by atoms with Gasteiger partial charge in [0.1, 0.15) is 0 Å². The van der Waals surface area contributed by atoms with E-state index in [1.807, 2.05) is 16.7 Å². The Morgan fingerprint density at radius 1 is 1.28 bits per heavy atom. The maximum atomic E-state index is 12.0. The van der Waals surface area contributed by atoms with Gasteiger partial charge in [-0.25, -0.2) is 0 Å². The van der Waals surface area contributed by atoms with Crippen LogP contribution in [0.4, 0.5) is 0 Å². The molecule has 1 aliphatic carbocycles. The van der Waals surface area contributed by atoms with E-state index in [0.717, 1.165) is 18.3 Å². The highest BCUT2D eigenvalue weighted by atomic mass is 32.2. The average molecular weight is 272 g/mol. The van der Waals surface area contributed by atoms with Crippen LogP contribution in [0.15, 0.2) is 0 Å². The Bertz CT molecular complexity index is 262. The van der Waals surface area contributed by atoms with Crippen molar-refractivity contribution in [2.24, 2.45) is 0 Å². The molecule has 0 atom stereocenters. The van der Waals surface area contributed by atoms with Crippen molar-refractivity contribution >= 4 is 17.7 Å². The minimum absolute atomic E-state index is 0.227. The molecule has 1 amide bonds. The third kappa shape index (κ3) is 4.14. The maximum Gasteiger partial charge on any atom is 0.236 e. The summed E-state index contributed by atoms with van der Waals surface area (Å²) >= 11 is 1.98. The van der Waals surface area contributed by atoms with Crippen LogP contribution in [0.5, 0.6) is 0 Å². The maximum absolute atomic E-state index is 12.0. The van der Waals surface area contributed by atoms with E-state index in [4.69, 9.17) is 4.74 Å². The number of hydrogen-bond donors (Lipinski definition) is 1. The molecule has 104 valence electrons. The molecule has 0 spiro atoms. The van der Waals surface area contributed by atoms with Gasteiger partial charge in [-0.15, -0.1) is 0 Å². The number of thioether (sulfide) groups is 1. The molecule has 2 rings (SSSR count). The fourth-order valence-electron chi connectivity index (χ4n) is 2.66. The smallest absolute Gasteiger partial charge is 0.236 e. The van der Waals surface area contributed by atoms with Gasteiger partial charge in [0.25, 0.3) is 0 Å². The Hall–Kier alpha value is -0.260. The molecule has 2 aliphatic rings. The van der Waals surface area contributed by atoms with Gasteiger partial charge in [0.15, 0.2) is 0 Å². The lowest BCUT2D eigenvalue weighted by Gasteiger charge is -2.30. The first-order valence-electron chi connectivity index (χ1n) is 6.91. The van der Waals surface area contributed by atoms with Gasteiger partial charge in [0, 0.05) is 24.4 Å². The SMILES string of the molecule is CSC1CCC(NCC(=O)N2CCOCC2)CC1. The Morgan fingerprint density at radius 3 is 2.56 bits per heavy atom. The summed E-state index contributed by atoms with van der Waals surface area (Å²) in [6.07, 6.45) is 7.18. The molecule has 2 fully saturated rings. The molecule has 0 aromatic rings. The first kappa shape index (κ1) is 14.2. The third-order valence-corrected chi connectivity index (χ3v) is 5.05. The summed E-state index contributed by atoms with van der Waals surface area (Å²) < 4.78 is 5.25. The van der Waals surface area contributed by atoms with Crippen LogP contribution in [0.3, 0.4) is 0 Å². The van der Waals surface area contributed by atoms with Crippen LogP contribution < -0.4 is 5.32 Å². The zero-order valence-electron chi connectivity index (χ0n) is 11.2. The van der Waals surface area contributed by atoms with E-state index >= 15 is 0 Å². The molecule has 5 heteroatoms. The van der Waals surface area contributed by atoms with Gasteiger partial charge in [-0.2, -0.15) is 11.8 Å². The molecule has 1 aliphatic heterocycles. The average Bonchev–Trinajstić information content (AvgIpc) is 2.46. The Kier molecular flexibility index (Phi) is 5.79. The lowest BCUT2D eigenvalue weighted by atomic mass is 9.95. The highest BCUT2D eigenvalue weighted by Crippen LogP contribution is 2.26. The summed E-state index contributed by atoms with van der Waals surface area (Å²) in [6.45, 7) is 3.36. The van der Waals surface area contributed by atoms with E-state index in [1.165, 1.54) is 25.7 Å². The van der Waals surface area contributed by atoms with Gasteiger partial charge in [-0.1, -0.05) is 0 Å². The fraction of sp³-hybridized carbons (Fsp3) is 0.923. The molecule has 1 saturated heterocycles. The molecule has 1 heterocycles. The van der Waals surface area contributed by atoms with Crippen molar-refractivity contribution in [1.82, 2.24) is 10.2 Å². The molecule has 0 unspecified atom stereocenters. The van der Waals surface area contributed by atoms with Crippen molar-refractivity contribution in [1.29, 1.82) is 0 Å². The predicted octanol–water partition coefficient (Wildman–Crippen LogP) is 1.11. The van der Waals surface area contributed by atoms with Gasteiger partial charge in [0.05, 0.1) is 19.8 Å². The van der Waals surface area contributed by atoms with Gasteiger partial charge >= 0.3 is 0 Å². The summed E-state index contributed by atoms with van der Waals surface area (Å²) in [6, 6.07) is 0.540. The van der Waals surface area contributed by atoms with Crippen LogP contribution >= 0.6 is 11.8 Å². The monoisotopic (exact) mass is 272 g/mol. The molecule has 4 nitrogen and oxygen atoms in total. The molecule has 0 aromatic heterocycles. The van der Waals surface area contributed by atoms with Crippen molar-refractivity contribution in [3.63, 3.8) is 0 Å². The number of amides is 1. The van der Waals surface area contributed by atoms with E-state index in [9.17, 15) is 4.79 Å². The van der Waals surface area contributed by atoms with Crippen LogP contribution in [0.1, 0.15) is 25.7 Å². The van der Waals surface area contributed by atoms with Crippen LogP contribution in [0.25, 0.3) is 0 Å². The number of nitrogens with zero attached hydrogens (tertiary/aromatic N) is 1. The Morgan fingerprint density at radius 2 is 1.94 bits per heavy atom. The van der Waals surface area contributed by atoms with E-state index in [-0.39, 0.29) is 5.91 Å². The molecule has 0 bridgehead atoms. The zero-order chi connectivity index (χ0) is 12.8. The number of nitrogens with one attached hydrogen (secondary N) is 1. The quantitative estimate of drug-likeness (QED) is 0.832. The molecule has 18 heavy (non-hydrogen) atoms. The molecular formula is C13H24N2O2S. The molecular weight excluding hydrogens is 248 g/mol. The van der Waals surface area contributed by atoms with Crippen molar-refractivity contribution < 1.29 is 9.53 Å². The lowest BCUT2D eigenvalue weighted by Crippen LogP contribution is -2.47. The molecule has 1 N–H and O–H groups in total. The Labute approximate surface area is 114 Å². The normalized spacial score (nSPS) is 29.3. The van der Waals surface area contributed by atoms with Crippen molar-refractivity contribution in [3.8, 4) is 0 Å². The van der Waals surface area contributed by atoms with Crippen LogP contribution in [0, 0.1) is 0 Å². The number of ether oxygens (including phenoxy) is 1. The second-order valence-electron chi connectivity index (χ2n) is 5.08. The number of carbonyl (C=O) groups is 1. The molecule has 0 radical (unpaired) electrons. The minimum Gasteiger partial charge on any atom is -0.378 e. The van der Waals surface area contributed by atoms with Crippen LogP contribution in [-0.4, -0.2) is 61.2 Å². The number of carbonyl (C=O) groups excluding carboxylic acids is 1. The number of hydrogen-bond acceptors (Lipinski definition) is 4. The first-order chi connectivity index (χ1) is 8.79. The van der Waals surface area contributed by atoms with Crippen LogP contribution in [0.2, 0.25) is 0 Å². The number of morpholine rings is 1. The fourth-order valence-corrected chi connectivity index (χ4v) is 3.40. The van der Waals surface area contributed by atoms with E-state index < -0.39 is 0 Å². The third-order valence-electron chi connectivity index (χ3n) is 3.91. The van der Waals surface area contributed by atoms with E-state index in [1.54, 1.807) is 0 Å². The Balaban J connectivity index is 1.63. The number of rotatable bonds is 4. The summed E-state index contributed by atoms with van der Waals surface area (Å²) in [4.78, 5) is 13.9. The largest absolute Gasteiger partial charge is 0.378 e. The summed E-state index contributed by atoms with van der Waals surface area (Å²) in [5.41, 5.74) is 0.